The molecule has 0 aliphatic carbocycles. The molecule has 0 saturated heterocycles. The van der Waals surface area contributed by atoms with Gasteiger partial charge in [-0.3, -0.25) is 23.4 Å². The number of phosphoric acid groups is 1. The van der Waals surface area contributed by atoms with Crippen LogP contribution in [0, 0.1) is 0 Å². The molecule has 70 heavy (non-hydrogen) atoms. The molecule has 0 rings (SSSR count). The van der Waals surface area contributed by atoms with E-state index in [1.54, 1.807) is 0 Å². The van der Waals surface area contributed by atoms with Gasteiger partial charge in [0.2, 0.25) is 0 Å². The molecule has 0 aromatic rings. The van der Waals surface area contributed by atoms with Crippen LogP contribution in [0.1, 0.15) is 201 Å². The number of carbonyl (C=O) groups is 3. The molecule has 0 bridgehead atoms. The SMILES string of the molecule is CC/C=C\C/C=C\C/C=C\C/C=C\CCCCC(=O)OC(COC(=O)CC/C=C\C/C=C\C/C=C\C/C=C\CC)COP(=O)(O)OCC(CO)OC(=O)CCCCCCC/C=C\CCCCCCCC. The van der Waals surface area contributed by atoms with Gasteiger partial charge in [-0.2, -0.15) is 0 Å². The lowest BCUT2D eigenvalue weighted by Crippen LogP contribution is -2.30. The van der Waals surface area contributed by atoms with Gasteiger partial charge in [0, 0.05) is 19.3 Å². The second-order valence-electron chi connectivity index (χ2n) is 17.3. The summed E-state index contributed by atoms with van der Waals surface area (Å²) >= 11 is 0. The third kappa shape index (κ3) is 49.1. The Morgan fingerprint density at radius 1 is 0.414 bits per heavy atom. The lowest BCUT2D eigenvalue weighted by Gasteiger charge is -2.21. The number of ether oxygens (including phenoxy) is 3. The first-order chi connectivity index (χ1) is 34.2. The Labute approximate surface area is 425 Å². The van der Waals surface area contributed by atoms with E-state index >= 15 is 0 Å². The highest BCUT2D eigenvalue weighted by Gasteiger charge is 2.28. The molecule has 2 N–H and O–H groups in total. The molecular formula is C58H95O11P. The van der Waals surface area contributed by atoms with Crippen LogP contribution in [0.25, 0.3) is 0 Å². The van der Waals surface area contributed by atoms with Crippen LogP contribution in [-0.4, -0.2) is 66.5 Å². The van der Waals surface area contributed by atoms with Gasteiger partial charge in [-0.05, 0) is 109 Å². The van der Waals surface area contributed by atoms with Crippen molar-refractivity contribution in [2.24, 2.45) is 0 Å². The van der Waals surface area contributed by atoms with Crippen LogP contribution in [-0.2, 0) is 42.2 Å². The predicted molar refractivity (Wildman–Crippen MR) is 288 cm³/mol. The fourth-order valence-corrected chi connectivity index (χ4v) is 7.43. The molecule has 3 unspecified atom stereocenters. The van der Waals surface area contributed by atoms with Crippen molar-refractivity contribution >= 4 is 25.7 Å². The number of phosphoric ester groups is 1. The van der Waals surface area contributed by atoms with E-state index in [0.29, 0.717) is 19.3 Å². The molecule has 0 fully saturated rings. The summed E-state index contributed by atoms with van der Waals surface area (Å²) in [4.78, 5) is 48.3. The normalized spacial score (nSPS) is 14.3. The lowest BCUT2D eigenvalue weighted by atomic mass is 10.1. The molecule has 398 valence electrons. The Morgan fingerprint density at radius 2 is 0.771 bits per heavy atom. The van der Waals surface area contributed by atoms with Crippen molar-refractivity contribution in [2.75, 3.05) is 26.4 Å². The van der Waals surface area contributed by atoms with Gasteiger partial charge in [0.15, 0.2) is 6.10 Å². The monoisotopic (exact) mass is 999 g/mol. The summed E-state index contributed by atoms with van der Waals surface area (Å²) in [7, 11) is -4.78. The first kappa shape index (κ1) is 66.1. The summed E-state index contributed by atoms with van der Waals surface area (Å²) < 4.78 is 39.3. The number of esters is 3. The zero-order valence-electron chi connectivity index (χ0n) is 43.7. The third-order valence-corrected chi connectivity index (χ3v) is 11.6. The maximum Gasteiger partial charge on any atom is 0.472 e. The van der Waals surface area contributed by atoms with E-state index in [-0.39, 0.29) is 19.3 Å². The van der Waals surface area contributed by atoms with Crippen LogP contribution < -0.4 is 0 Å². The fraction of sp³-hybridized carbons (Fsp3) is 0.638. The molecule has 0 heterocycles. The molecule has 0 aliphatic heterocycles. The molecular weight excluding hydrogens is 904 g/mol. The maximum atomic E-state index is 12.9. The summed E-state index contributed by atoms with van der Waals surface area (Å²) in [5, 5.41) is 9.79. The zero-order valence-corrected chi connectivity index (χ0v) is 44.6. The number of hydrogen-bond donors (Lipinski definition) is 2. The molecule has 0 radical (unpaired) electrons. The molecule has 0 aromatic carbocycles. The van der Waals surface area contributed by atoms with Gasteiger partial charge in [0.1, 0.15) is 12.7 Å². The third-order valence-electron chi connectivity index (χ3n) is 10.7. The highest BCUT2D eigenvalue weighted by molar-refractivity contribution is 7.47. The van der Waals surface area contributed by atoms with Gasteiger partial charge in [-0.15, -0.1) is 0 Å². The Balaban J connectivity index is 4.87. The van der Waals surface area contributed by atoms with E-state index in [4.69, 9.17) is 23.3 Å². The highest BCUT2D eigenvalue weighted by Crippen LogP contribution is 2.43. The van der Waals surface area contributed by atoms with Crippen molar-refractivity contribution in [3.8, 4) is 0 Å². The Kier molecular flexibility index (Phi) is 48.7. The molecule has 11 nitrogen and oxygen atoms in total. The lowest BCUT2D eigenvalue weighted by molar-refractivity contribution is -0.161. The predicted octanol–water partition coefficient (Wildman–Crippen LogP) is 15.5. The first-order valence-electron chi connectivity index (χ1n) is 26.8. The summed E-state index contributed by atoms with van der Waals surface area (Å²) in [6.07, 6.45) is 60.8. The van der Waals surface area contributed by atoms with Crippen LogP contribution in [0.2, 0.25) is 0 Å². The van der Waals surface area contributed by atoms with Crippen molar-refractivity contribution in [3.05, 3.63) is 109 Å². The molecule has 0 aliphatic rings. The molecule has 3 atom stereocenters. The number of aliphatic hydroxyl groups is 1. The van der Waals surface area contributed by atoms with Crippen molar-refractivity contribution in [2.45, 2.75) is 213 Å². The summed E-state index contributed by atoms with van der Waals surface area (Å²) in [5.41, 5.74) is 0. The minimum atomic E-state index is -4.78. The number of aliphatic hydroxyl groups excluding tert-OH is 1. The second-order valence-corrected chi connectivity index (χ2v) is 18.7. The van der Waals surface area contributed by atoms with Crippen LogP contribution in [0.5, 0.6) is 0 Å². The quantitative estimate of drug-likeness (QED) is 0.0197. The van der Waals surface area contributed by atoms with Crippen LogP contribution >= 0.6 is 7.82 Å². The van der Waals surface area contributed by atoms with Crippen molar-refractivity contribution in [1.82, 2.24) is 0 Å². The first-order valence-corrected chi connectivity index (χ1v) is 28.3. The standard InChI is InChI=1S/C58H95O11P/c1-4-7-10-13-16-19-22-25-27-30-33-36-39-42-45-48-57(61)68-54(50-59)52-66-70(63,64)67-53-55(51-65-56(60)47-44-41-38-35-32-29-24-21-18-15-12-9-6-3)69-58(62)49-46-43-40-37-34-31-28-26-23-20-17-14-11-8-5-2/h8-9,11-12,17-18,20-21,25-29,32,34,37-38,41,54-55,59H,4-7,10,13-16,19,22-24,30-31,33,35-36,39-40,42-53H2,1-3H3,(H,63,64)/b11-8-,12-9-,20-17-,21-18-,27-25-,28-26-,32-29-,37-34-,41-38-. The molecule has 0 amide bonds. The molecule has 0 saturated carbocycles. The van der Waals surface area contributed by atoms with Crippen LogP contribution in [0.15, 0.2) is 109 Å². The van der Waals surface area contributed by atoms with Crippen LogP contribution in [0.3, 0.4) is 0 Å². The second kappa shape index (κ2) is 51.5. The van der Waals surface area contributed by atoms with Crippen molar-refractivity contribution in [1.29, 1.82) is 0 Å². The van der Waals surface area contributed by atoms with E-state index in [2.05, 4.69) is 118 Å². The summed E-state index contributed by atoms with van der Waals surface area (Å²) in [5.74, 6) is -1.63. The van der Waals surface area contributed by atoms with Gasteiger partial charge in [0.05, 0.1) is 19.8 Å². The van der Waals surface area contributed by atoms with Gasteiger partial charge in [-0.25, -0.2) is 4.57 Å². The smallest absolute Gasteiger partial charge is 0.462 e. The van der Waals surface area contributed by atoms with Crippen LogP contribution in [0.4, 0.5) is 0 Å². The van der Waals surface area contributed by atoms with E-state index < -0.39 is 64.4 Å². The number of unbranched alkanes of at least 4 members (excludes halogenated alkanes) is 13. The molecule has 12 heteroatoms. The number of rotatable bonds is 48. The average Bonchev–Trinajstić information content (AvgIpc) is 3.35. The van der Waals surface area contributed by atoms with Gasteiger partial charge in [0.25, 0.3) is 0 Å². The molecule has 0 aromatic heterocycles. The minimum absolute atomic E-state index is 0.0905. The van der Waals surface area contributed by atoms with Gasteiger partial charge >= 0.3 is 25.7 Å². The highest BCUT2D eigenvalue weighted by atomic mass is 31.2. The van der Waals surface area contributed by atoms with E-state index in [0.717, 1.165) is 103 Å². The minimum Gasteiger partial charge on any atom is -0.462 e. The van der Waals surface area contributed by atoms with E-state index in [1.807, 2.05) is 12.2 Å². The number of allylic oxidation sites excluding steroid dienone is 18. The van der Waals surface area contributed by atoms with Gasteiger partial charge in [-0.1, -0.05) is 182 Å². The van der Waals surface area contributed by atoms with Crippen molar-refractivity contribution < 1.29 is 52.2 Å². The van der Waals surface area contributed by atoms with Gasteiger partial charge < -0.3 is 24.2 Å². The van der Waals surface area contributed by atoms with Crippen molar-refractivity contribution in [3.63, 3.8) is 0 Å². The summed E-state index contributed by atoms with van der Waals surface area (Å²) in [6.45, 7) is 4.24. The number of hydrogen-bond acceptors (Lipinski definition) is 10. The number of carbonyl (C=O) groups excluding carboxylic acids is 3. The summed E-state index contributed by atoms with van der Waals surface area (Å²) in [6, 6.07) is 0. The zero-order chi connectivity index (χ0) is 51.3. The Bertz CT molecular complexity index is 1590. The topological polar surface area (TPSA) is 155 Å². The van der Waals surface area contributed by atoms with E-state index in [9.17, 15) is 28.9 Å². The van der Waals surface area contributed by atoms with E-state index in [1.165, 1.54) is 38.5 Å². The molecule has 0 spiro atoms. The maximum absolute atomic E-state index is 12.9. The largest absolute Gasteiger partial charge is 0.472 e. The Hall–Kier alpha value is -3.86. The Morgan fingerprint density at radius 3 is 1.24 bits per heavy atom. The average molecular weight is 999 g/mol. The fourth-order valence-electron chi connectivity index (χ4n) is 6.65.